The number of benzene rings is 3. The van der Waals surface area contributed by atoms with Crippen molar-refractivity contribution in [1.29, 1.82) is 0 Å². The Morgan fingerprint density at radius 1 is 0.829 bits per heavy atom. The molecule has 0 aliphatic carbocycles. The van der Waals surface area contributed by atoms with E-state index in [0.29, 0.717) is 0 Å². The maximum absolute atomic E-state index is 15.1. The normalized spacial score (nSPS) is 12.3. The monoisotopic (exact) mass is 616 g/mol. The van der Waals surface area contributed by atoms with Crippen LogP contribution in [0.25, 0.3) is 0 Å². The van der Waals surface area contributed by atoms with Gasteiger partial charge < -0.3 is 15.4 Å². The maximum Gasteiger partial charge on any atom is 0.435 e. The smallest absolute Gasteiger partial charge is 0.433 e. The second kappa shape index (κ2) is 11.5. The number of hydrogen-bond donors (Lipinski definition) is 2. The van der Waals surface area contributed by atoms with Gasteiger partial charge in [-0.15, -0.1) is 0 Å². The third-order valence-corrected chi connectivity index (χ3v) is 5.87. The van der Waals surface area contributed by atoms with Crippen LogP contribution in [0, 0.1) is 12.7 Å². The van der Waals surface area contributed by atoms with Gasteiger partial charge in [0, 0.05) is 5.56 Å². The topological polar surface area (TPSA) is 67.4 Å². The summed E-state index contributed by atoms with van der Waals surface area (Å²) in [6.45, 7) is -3.08. The quantitative estimate of drug-likeness (QED) is 0.263. The van der Waals surface area contributed by atoms with Crippen molar-refractivity contribution in [2.24, 2.45) is 0 Å². The van der Waals surface area contributed by atoms with Crippen molar-refractivity contribution in [2.75, 3.05) is 10.6 Å². The molecule has 0 saturated heterocycles. The first-order valence-corrected chi connectivity index (χ1v) is 11.3. The number of carbonyl (C=O) groups excluding carboxylic acids is 2. The van der Waals surface area contributed by atoms with E-state index >= 15 is 4.39 Å². The van der Waals surface area contributed by atoms with Crippen LogP contribution >= 0.6 is 11.6 Å². The highest BCUT2D eigenvalue weighted by Crippen LogP contribution is 2.54. The Labute approximate surface area is 229 Å². The Morgan fingerprint density at radius 2 is 1.39 bits per heavy atom. The molecule has 2 N–H and O–H groups in total. The van der Waals surface area contributed by atoms with Crippen LogP contribution in [0.4, 0.5) is 55.3 Å². The summed E-state index contributed by atoms with van der Waals surface area (Å²) in [4.78, 5) is 25.3. The lowest BCUT2D eigenvalue weighted by Gasteiger charge is -2.31. The number of halogens is 11. The van der Waals surface area contributed by atoms with E-state index in [4.69, 9.17) is 11.6 Å². The summed E-state index contributed by atoms with van der Waals surface area (Å²) < 4.78 is 139. The minimum Gasteiger partial charge on any atom is -0.433 e. The molecule has 3 aromatic rings. The van der Waals surface area contributed by atoms with Gasteiger partial charge in [-0.25, -0.2) is 8.78 Å². The van der Waals surface area contributed by atoms with Crippen LogP contribution in [-0.2, 0) is 5.67 Å². The molecule has 0 bridgehead atoms. The number of amides is 2. The number of aryl methyl sites for hydroxylation is 1. The lowest BCUT2D eigenvalue weighted by molar-refractivity contribution is -0.348. The van der Waals surface area contributed by atoms with Crippen LogP contribution < -0.4 is 15.4 Å². The van der Waals surface area contributed by atoms with Gasteiger partial charge >= 0.3 is 24.6 Å². The van der Waals surface area contributed by atoms with Crippen molar-refractivity contribution in [2.45, 2.75) is 31.6 Å². The SMILES string of the molecule is Cc1cc(C(F)(C(F)(F)F)C(F)(F)F)cc(OC(F)F)c1NC(=O)c1cccc(NC(=O)c2ccccc2Cl)c1F. The number of anilines is 2. The third-order valence-electron chi connectivity index (χ3n) is 5.54. The van der Waals surface area contributed by atoms with Crippen LogP contribution in [0.3, 0.4) is 0 Å². The summed E-state index contributed by atoms with van der Waals surface area (Å²) in [5.41, 5.74) is -11.3. The molecule has 0 aliphatic heterocycles. The van der Waals surface area contributed by atoms with Gasteiger partial charge in [0.15, 0.2) is 5.82 Å². The molecule has 0 heterocycles. The molecule has 0 saturated carbocycles. The molecule has 0 aromatic heterocycles. The molecule has 0 aliphatic rings. The first kappa shape index (κ1) is 31.5. The predicted molar refractivity (Wildman–Crippen MR) is 126 cm³/mol. The molecule has 41 heavy (non-hydrogen) atoms. The Morgan fingerprint density at radius 3 is 1.95 bits per heavy atom. The van der Waals surface area contributed by atoms with Gasteiger partial charge in [-0.3, -0.25) is 9.59 Å². The highest BCUT2D eigenvalue weighted by molar-refractivity contribution is 6.34. The van der Waals surface area contributed by atoms with Crippen LogP contribution in [0.15, 0.2) is 54.6 Å². The number of ether oxygens (including phenoxy) is 1. The minimum absolute atomic E-state index is 0.0122. The Hall–Kier alpha value is -4.01. The summed E-state index contributed by atoms with van der Waals surface area (Å²) in [6.07, 6.45) is -13.1. The first-order chi connectivity index (χ1) is 18.9. The molecule has 3 aromatic carbocycles. The number of carbonyl (C=O) groups is 2. The number of nitrogens with one attached hydrogen (secondary N) is 2. The predicted octanol–water partition coefficient (Wildman–Crippen LogP) is 8.18. The summed E-state index contributed by atoms with van der Waals surface area (Å²) in [7, 11) is 0. The van der Waals surface area contributed by atoms with E-state index in [9.17, 15) is 49.1 Å². The number of alkyl halides is 9. The summed E-state index contributed by atoms with van der Waals surface area (Å²) in [6, 6.07) is 8.39. The molecule has 2 amide bonds. The van der Waals surface area contributed by atoms with Crippen LogP contribution in [0.2, 0.25) is 5.02 Å². The number of hydrogen-bond acceptors (Lipinski definition) is 3. The van der Waals surface area contributed by atoms with Gasteiger partial charge in [0.25, 0.3) is 11.8 Å². The van der Waals surface area contributed by atoms with Gasteiger partial charge in [0.1, 0.15) is 5.75 Å². The Kier molecular flexibility index (Phi) is 8.81. The summed E-state index contributed by atoms with van der Waals surface area (Å²) in [5.74, 6) is -5.14. The van der Waals surface area contributed by atoms with Crippen LogP contribution in [0.5, 0.6) is 5.75 Å². The van der Waals surface area contributed by atoms with Crippen molar-refractivity contribution in [3.8, 4) is 5.75 Å². The van der Waals surface area contributed by atoms with Crippen LogP contribution in [-0.4, -0.2) is 30.8 Å². The van der Waals surface area contributed by atoms with E-state index < -0.39 is 76.1 Å². The minimum atomic E-state index is -6.57. The Bertz CT molecular complexity index is 1460. The third kappa shape index (κ3) is 6.34. The molecule has 0 fully saturated rings. The zero-order valence-corrected chi connectivity index (χ0v) is 20.9. The maximum atomic E-state index is 15.1. The fraction of sp³-hybridized carbons (Fsp3) is 0.200. The van der Waals surface area contributed by atoms with E-state index in [1.165, 1.54) is 24.3 Å². The van der Waals surface area contributed by atoms with Crippen LogP contribution in [0.1, 0.15) is 31.8 Å². The molecule has 220 valence electrons. The van der Waals surface area contributed by atoms with Crippen molar-refractivity contribution < 1.29 is 58.2 Å². The lowest BCUT2D eigenvalue weighted by Crippen LogP contribution is -2.50. The first-order valence-electron chi connectivity index (χ1n) is 11.0. The molecular formula is C25H15ClF10N2O3. The largest absolute Gasteiger partial charge is 0.435 e. The van der Waals surface area contributed by atoms with E-state index in [1.807, 2.05) is 5.32 Å². The van der Waals surface area contributed by atoms with Gasteiger partial charge in [-0.2, -0.15) is 35.1 Å². The van der Waals surface area contributed by atoms with Crippen molar-refractivity contribution in [1.82, 2.24) is 0 Å². The standard InChI is InChI=1S/C25H15ClF10N2O3/c1-11-9-12(23(30,24(31,32)33)25(34,35)36)10-17(41-22(28)29)19(11)38-21(40)14-6-4-8-16(18(14)27)37-20(39)13-5-2-3-7-15(13)26/h2-10,22H,1H3,(H,37,39)(H,38,40). The number of rotatable bonds is 7. The fourth-order valence-electron chi connectivity index (χ4n) is 3.61. The molecule has 0 spiro atoms. The van der Waals surface area contributed by atoms with Crippen molar-refractivity contribution >= 4 is 34.8 Å². The average molecular weight is 617 g/mol. The lowest BCUT2D eigenvalue weighted by atomic mass is 9.92. The van der Waals surface area contributed by atoms with Crippen molar-refractivity contribution in [3.05, 3.63) is 87.7 Å². The van der Waals surface area contributed by atoms with E-state index in [2.05, 4.69) is 10.1 Å². The van der Waals surface area contributed by atoms with Gasteiger partial charge in [-0.1, -0.05) is 29.8 Å². The Balaban J connectivity index is 2.02. The zero-order valence-electron chi connectivity index (χ0n) is 20.2. The summed E-state index contributed by atoms with van der Waals surface area (Å²) in [5, 5.41) is 4.05. The van der Waals surface area contributed by atoms with E-state index in [-0.39, 0.29) is 22.7 Å². The molecule has 0 unspecified atom stereocenters. The van der Waals surface area contributed by atoms with E-state index in [1.54, 1.807) is 0 Å². The van der Waals surface area contributed by atoms with Gasteiger partial charge in [0.2, 0.25) is 0 Å². The van der Waals surface area contributed by atoms with Gasteiger partial charge in [0.05, 0.1) is 27.5 Å². The second-order valence-corrected chi connectivity index (χ2v) is 8.66. The molecule has 16 heteroatoms. The van der Waals surface area contributed by atoms with Gasteiger partial charge in [-0.05, 0) is 48.9 Å². The molecule has 0 radical (unpaired) electrons. The summed E-state index contributed by atoms with van der Waals surface area (Å²) >= 11 is 5.92. The highest BCUT2D eigenvalue weighted by Gasteiger charge is 2.73. The molecule has 0 atom stereocenters. The van der Waals surface area contributed by atoms with E-state index in [0.717, 1.165) is 25.1 Å². The second-order valence-electron chi connectivity index (χ2n) is 8.25. The average Bonchev–Trinajstić information content (AvgIpc) is 2.85. The molecule has 5 nitrogen and oxygen atoms in total. The zero-order chi connectivity index (χ0) is 30.9. The molecular weight excluding hydrogens is 602 g/mol. The fourth-order valence-corrected chi connectivity index (χ4v) is 3.83. The van der Waals surface area contributed by atoms with Crippen molar-refractivity contribution in [3.63, 3.8) is 0 Å². The highest BCUT2D eigenvalue weighted by atomic mass is 35.5. The molecule has 3 rings (SSSR count).